The van der Waals surface area contributed by atoms with Crippen LogP contribution in [0.5, 0.6) is 11.5 Å². The summed E-state index contributed by atoms with van der Waals surface area (Å²) in [6, 6.07) is 6.78. The molecule has 0 atom stereocenters. The molecule has 1 aromatic carbocycles. The topological polar surface area (TPSA) is 72.8 Å². The number of aromatic nitrogens is 1. The van der Waals surface area contributed by atoms with Crippen LogP contribution in [0, 0.1) is 0 Å². The Hall–Kier alpha value is -2.41. The highest BCUT2D eigenvalue weighted by molar-refractivity contribution is 9.10. The summed E-state index contributed by atoms with van der Waals surface area (Å²) in [7, 11) is 3.11. The maximum absolute atomic E-state index is 11.8. The van der Waals surface area contributed by atoms with Gasteiger partial charge in [-0.2, -0.15) is 5.10 Å². The van der Waals surface area contributed by atoms with Crippen LogP contribution < -0.4 is 14.9 Å². The molecule has 22 heavy (non-hydrogen) atoms. The highest BCUT2D eigenvalue weighted by Crippen LogP contribution is 2.35. The molecule has 0 aliphatic carbocycles. The Kier molecular flexibility index (Phi) is 5.48. The summed E-state index contributed by atoms with van der Waals surface area (Å²) >= 11 is 3.40. The molecule has 1 heterocycles. The van der Waals surface area contributed by atoms with Crippen LogP contribution in [-0.4, -0.2) is 31.3 Å². The molecular weight excluding hydrogens is 350 g/mol. The predicted octanol–water partition coefficient (Wildman–Crippen LogP) is 2.63. The highest BCUT2D eigenvalue weighted by atomic mass is 79.9. The number of amides is 1. The molecule has 7 heteroatoms. The van der Waals surface area contributed by atoms with Gasteiger partial charge >= 0.3 is 0 Å². The number of carbonyl (C=O) groups excluding carboxylic acids is 1. The maximum Gasteiger partial charge on any atom is 0.271 e. The van der Waals surface area contributed by atoms with E-state index in [4.69, 9.17) is 9.47 Å². The van der Waals surface area contributed by atoms with E-state index in [1.807, 2.05) is 6.07 Å². The largest absolute Gasteiger partial charge is 0.493 e. The standard InChI is InChI=1S/C15H14BrN3O3/c1-21-13-8-10(7-12(16)14(13)22-2)9-18-19-15(20)11-3-5-17-6-4-11/h3-9H,1-2H3,(H,19,20)/b18-9+. The minimum absolute atomic E-state index is 0.307. The molecule has 0 aliphatic rings. The van der Waals surface area contributed by atoms with Gasteiger partial charge in [-0.3, -0.25) is 9.78 Å². The lowest BCUT2D eigenvalue weighted by atomic mass is 10.2. The fourth-order valence-corrected chi connectivity index (χ4v) is 2.37. The second kappa shape index (κ2) is 7.56. The van der Waals surface area contributed by atoms with E-state index >= 15 is 0 Å². The number of pyridine rings is 1. The molecule has 1 amide bonds. The number of hydrazone groups is 1. The Morgan fingerprint density at radius 3 is 2.64 bits per heavy atom. The lowest BCUT2D eigenvalue weighted by molar-refractivity contribution is 0.0955. The summed E-state index contributed by atoms with van der Waals surface area (Å²) in [6.07, 6.45) is 4.61. The number of nitrogens with zero attached hydrogens (tertiary/aromatic N) is 2. The van der Waals surface area contributed by atoms with E-state index in [9.17, 15) is 4.79 Å². The first-order chi connectivity index (χ1) is 10.7. The van der Waals surface area contributed by atoms with Crippen molar-refractivity contribution in [2.75, 3.05) is 14.2 Å². The van der Waals surface area contributed by atoms with Crippen molar-refractivity contribution < 1.29 is 14.3 Å². The number of rotatable bonds is 5. The quantitative estimate of drug-likeness (QED) is 0.654. The third-order valence-corrected chi connectivity index (χ3v) is 3.37. The van der Waals surface area contributed by atoms with Gasteiger partial charge in [0, 0.05) is 18.0 Å². The molecule has 2 rings (SSSR count). The van der Waals surface area contributed by atoms with Gasteiger partial charge in [-0.15, -0.1) is 0 Å². The third-order valence-electron chi connectivity index (χ3n) is 2.78. The van der Waals surface area contributed by atoms with E-state index in [-0.39, 0.29) is 5.91 Å². The fraction of sp³-hybridized carbons (Fsp3) is 0.133. The van der Waals surface area contributed by atoms with Gasteiger partial charge in [0.2, 0.25) is 0 Å². The lowest BCUT2D eigenvalue weighted by Crippen LogP contribution is -2.17. The van der Waals surface area contributed by atoms with E-state index in [1.54, 1.807) is 44.8 Å². The molecule has 0 saturated carbocycles. The van der Waals surface area contributed by atoms with Crippen molar-refractivity contribution >= 4 is 28.1 Å². The summed E-state index contributed by atoms with van der Waals surface area (Å²) < 4.78 is 11.2. The smallest absolute Gasteiger partial charge is 0.271 e. The molecule has 0 aliphatic heterocycles. The van der Waals surface area contributed by atoms with Crippen LogP contribution in [0.2, 0.25) is 0 Å². The monoisotopic (exact) mass is 363 g/mol. The van der Waals surface area contributed by atoms with Crippen LogP contribution >= 0.6 is 15.9 Å². The molecule has 0 spiro atoms. The molecule has 0 saturated heterocycles. The van der Waals surface area contributed by atoms with Gasteiger partial charge in [-0.25, -0.2) is 5.43 Å². The van der Waals surface area contributed by atoms with Crippen LogP contribution in [0.3, 0.4) is 0 Å². The lowest BCUT2D eigenvalue weighted by Gasteiger charge is -2.10. The zero-order valence-electron chi connectivity index (χ0n) is 12.0. The third kappa shape index (κ3) is 3.82. The van der Waals surface area contributed by atoms with E-state index < -0.39 is 0 Å². The first kappa shape index (κ1) is 16.0. The molecule has 0 fully saturated rings. The van der Waals surface area contributed by atoms with Crippen molar-refractivity contribution in [1.29, 1.82) is 0 Å². The number of benzene rings is 1. The Balaban J connectivity index is 2.10. The van der Waals surface area contributed by atoms with Crippen LogP contribution in [-0.2, 0) is 0 Å². The first-order valence-electron chi connectivity index (χ1n) is 6.30. The van der Waals surface area contributed by atoms with Crippen LogP contribution in [0.15, 0.2) is 46.2 Å². The van der Waals surface area contributed by atoms with Crippen LogP contribution in [0.1, 0.15) is 15.9 Å². The van der Waals surface area contributed by atoms with Gasteiger partial charge < -0.3 is 9.47 Å². The Labute approximate surface area is 136 Å². The van der Waals surface area contributed by atoms with Gasteiger partial charge in [-0.1, -0.05) is 0 Å². The maximum atomic E-state index is 11.8. The minimum atomic E-state index is -0.307. The first-order valence-corrected chi connectivity index (χ1v) is 7.10. The summed E-state index contributed by atoms with van der Waals surface area (Å²) in [5.41, 5.74) is 3.68. The van der Waals surface area contributed by atoms with E-state index in [0.717, 1.165) is 10.0 Å². The fourth-order valence-electron chi connectivity index (χ4n) is 1.75. The van der Waals surface area contributed by atoms with Gasteiger partial charge in [0.25, 0.3) is 5.91 Å². The molecule has 1 aromatic heterocycles. The second-order valence-corrected chi connectivity index (χ2v) is 5.03. The molecule has 6 nitrogen and oxygen atoms in total. The number of hydrogen-bond acceptors (Lipinski definition) is 5. The normalized spacial score (nSPS) is 10.5. The summed E-state index contributed by atoms with van der Waals surface area (Å²) in [6.45, 7) is 0. The van der Waals surface area contributed by atoms with Gasteiger partial charge in [0.15, 0.2) is 11.5 Å². The molecule has 0 radical (unpaired) electrons. The van der Waals surface area contributed by atoms with Gasteiger partial charge in [0.1, 0.15) is 0 Å². The van der Waals surface area contributed by atoms with Crippen molar-refractivity contribution in [3.05, 3.63) is 52.3 Å². The van der Waals surface area contributed by atoms with Crippen LogP contribution in [0.4, 0.5) is 0 Å². The minimum Gasteiger partial charge on any atom is -0.493 e. The van der Waals surface area contributed by atoms with Crippen LogP contribution in [0.25, 0.3) is 0 Å². The Morgan fingerprint density at radius 2 is 2.00 bits per heavy atom. The van der Waals surface area contributed by atoms with Crippen molar-refractivity contribution in [1.82, 2.24) is 10.4 Å². The number of hydrogen-bond donors (Lipinski definition) is 1. The molecule has 2 aromatic rings. The van der Waals surface area contributed by atoms with Crippen molar-refractivity contribution in [2.45, 2.75) is 0 Å². The SMILES string of the molecule is COc1cc(/C=N/NC(=O)c2ccncc2)cc(Br)c1OC. The zero-order chi connectivity index (χ0) is 15.9. The molecular formula is C15H14BrN3O3. The van der Waals surface area contributed by atoms with E-state index in [0.29, 0.717) is 17.1 Å². The highest BCUT2D eigenvalue weighted by Gasteiger charge is 2.09. The van der Waals surface area contributed by atoms with Crippen molar-refractivity contribution in [3.8, 4) is 11.5 Å². The second-order valence-electron chi connectivity index (χ2n) is 4.17. The molecule has 0 bridgehead atoms. The van der Waals surface area contributed by atoms with Gasteiger partial charge in [-0.05, 0) is 45.8 Å². The summed E-state index contributed by atoms with van der Waals surface area (Å²) in [5.74, 6) is 0.859. The number of carbonyl (C=O) groups is 1. The summed E-state index contributed by atoms with van der Waals surface area (Å²) in [4.78, 5) is 15.7. The molecule has 0 unspecified atom stereocenters. The summed E-state index contributed by atoms with van der Waals surface area (Å²) in [5, 5.41) is 3.93. The van der Waals surface area contributed by atoms with Gasteiger partial charge in [0.05, 0.1) is 24.9 Å². The predicted molar refractivity (Wildman–Crippen MR) is 86.5 cm³/mol. The van der Waals surface area contributed by atoms with E-state index in [1.165, 1.54) is 6.21 Å². The molecule has 1 N–H and O–H groups in total. The average Bonchev–Trinajstić information content (AvgIpc) is 2.55. The molecule has 114 valence electrons. The number of halogens is 1. The zero-order valence-corrected chi connectivity index (χ0v) is 13.6. The average molecular weight is 364 g/mol. The van der Waals surface area contributed by atoms with Crippen molar-refractivity contribution in [2.24, 2.45) is 5.10 Å². The Bertz CT molecular complexity index is 690. The number of nitrogens with one attached hydrogen (secondary N) is 1. The van der Waals surface area contributed by atoms with Crippen molar-refractivity contribution in [3.63, 3.8) is 0 Å². The number of ether oxygens (including phenoxy) is 2. The van der Waals surface area contributed by atoms with E-state index in [2.05, 4.69) is 31.4 Å². The Morgan fingerprint density at radius 1 is 1.27 bits per heavy atom. The number of methoxy groups -OCH3 is 2.